The average molecular weight is 740 g/mol. The third-order valence-corrected chi connectivity index (χ3v) is 9.03. The molecule has 2 heterocycles. The van der Waals surface area contributed by atoms with Crippen LogP contribution in [0.3, 0.4) is 0 Å². The van der Waals surface area contributed by atoms with Gasteiger partial charge in [0.1, 0.15) is 11.5 Å². The van der Waals surface area contributed by atoms with Crippen LogP contribution in [0.4, 0.5) is 0 Å². The highest BCUT2D eigenvalue weighted by molar-refractivity contribution is 9.11. The lowest BCUT2D eigenvalue weighted by atomic mass is 9.78. The number of epoxide rings is 2. The molecule has 4 unspecified atom stereocenters. The Morgan fingerprint density at radius 2 is 1.06 bits per heavy atom. The average Bonchev–Trinajstić information content (AvgIpc) is 3.70. The molecule has 192 valence electrons. The molecule has 2 aliphatic heterocycles. The zero-order valence-corrected chi connectivity index (χ0v) is 26.9. The Kier molecular flexibility index (Phi) is 9.35. The van der Waals surface area contributed by atoms with Crippen LogP contribution in [0.15, 0.2) is 42.2 Å². The van der Waals surface area contributed by atoms with E-state index in [0.29, 0.717) is 12.2 Å². The molecular weight excluding hydrogens is 708 g/mol. The van der Waals surface area contributed by atoms with Gasteiger partial charge in [0, 0.05) is 5.41 Å². The Balaban J connectivity index is 1.49. The zero-order chi connectivity index (χ0) is 25.3. The first-order valence-corrected chi connectivity index (χ1v) is 15.3. The summed E-state index contributed by atoms with van der Waals surface area (Å²) in [6, 6.07) is 8.63. The summed E-state index contributed by atoms with van der Waals surface area (Å²) in [5.41, 5.74) is 2.09. The van der Waals surface area contributed by atoms with Crippen LogP contribution in [0.1, 0.15) is 64.5 Å². The molecular formula is C27H32Br4O4. The van der Waals surface area contributed by atoms with Crippen LogP contribution in [0.25, 0.3) is 0 Å². The van der Waals surface area contributed by atoms with Crippen molar-refractivity contribution in [3.8, 4) is 11.5 Å². The molecule has 0 radical (unpaired) electrons. The molecule has 8 heteroatoms. The van der Waals surface area contributed by atoms with Crippen LogP contribution in [0, 0.1) is 0 Å². The molecule has 4 nitrogen and oxygen atoms in total. The minimum absolute atomic E-state index is 0.115. The molecule has 2 aliphatic rings. The predicted octanol–water partition coefficient (Wildman–Crippen LogP) is 8.96. The summed E-state index contributed by atoms with van der Waals surface area (Å²) >= 11 is 15.0. The van der Waals surface area contributed by atoms with E-state index in [1.807, 2.05) is 0 Å². The second kappa shape index (κ2) is 11.7. The summed E-state index contributed by atoms with van der Waals surface area (Å²) in [5.74, 6) is 1.68. The number of ether oxygens (including phenoxy) is 4. The fourth-order valence-electron chi connectivity index (χ4n) is 4.06. The van der Waals surface area contributed by atoms with E-state index in [0.717, 1.165) is 68.3 Å². The van der Waals surface area contributed by atoms with Gasteiger partial charge in [0.05, 0.1) is 55.5 Å². The first-order valence-electron chi connectivity index (χ1n) is 12.1. The third-order valence-electron chi connectivity index (χ3n) is 6.67. The molecule has 0 bridgehead atoms. The predicted molar refractivity (Wildman–Crippen MR) is 154 cm³/mol. The molecule has 2 aromatic carbocycles. The molecule has 4 rings (SSSR count). The molecule has 2 aromatic rings. The summed E-state index contributed by atoms with van der Waals surface area (Å²) in [4.78, 5) is 0. The molecule has 0 saturated carbocycles. The molecule has 4 atom stereocenters. The van der Waals surface area contributed by atoms with Crippen molar-refractivity contribution in [2.45, 2.75) is 83.2 Å². The van der Waals surface area contributed by atoms with Crippen molar-refractivity contribution in [3.05, 3.63) is 53.3 Å². The fourth-order valence-corrected chi connectivity index (χ4v) is 6.81. The number of hydrogen-bond donors (Lipinski definition) is 0. The van der Waals surface area contributed by atoms with Crippen molar-refractivity contribution < 1.29 is 18.9 Å². The van der Waals surface area contributed by atoms with Gasteiger partial charge in [0.2, 0.25) is 0 Å². The van der Waals surface area contributed by atoms with Gasteiger partial charge >= 0.3 is 0 Å². The molecule has 2 fully saturated rings. The van der Waals surface area contributed by atoms with Gasteiger partial charge in [-0.05, 0) is 139 Å². The highest BCUT2D eigenvalue weighted by atomic mass is 79.9. The number of benzene rings is 2. The minimum atomic E-state index is -0.253. The molecule has 0 spiro atoms. The SMILES string of the molecule is CC(CCC1CO1)Oc1c(Br)cc(C(C)(C)c2cc(Br)c(OC(C)CCC3CO3)c(Br)c2)cc1Br. The Labute approximate surface area is 242 Å². The summed E-state index contributed by atoms with van der Waals surface area (Å²) in [5, 5.41) is 0. The second-order valence-electron chi connectivity index (χ2n) is 10.1. The van der Waals surface area contributed by atoms with E-state index in [1.54, 1.807) is 0 Å². The van der Waals surface area contributed by atoms with E-state index in [9.17, 15) is 0 Å². The molecule has 0 amide bonds. The lowest BCUT2D eigenvalue weighted by molar-refractivity contribution is 0.199. The monoisotopic (exact) mass is 736 g/mol. The zero-order valence-electron chi connectivity index (χ0n) is 20.5. The standard InChI is InChI=1S/C27H32Br4O4/c1-15(5-7-19-13-32-19)34-25-21(28)9-17(10-22(25)29)27(3,4)18-11-23(30)26(24(31)12-18)35-16(2)6-8-20-14-33-20/h9-12,15-16,19-20H,5-8,13-14H2,1-4H3. The normalized spacial score (nSPS) is 20.9. The maximum absolute atomic E-state index is 6.27. The van der Waals surface area contributed by atoms with Crippen LogP contribution < -0.4 is 9.47 Å². The van der Waals surface area contributed by atoms with Gasteiger partial charge in [-0.1, -0.05) is 13.8 Å². The van der Waals surface area contributed by atoms with Crippen LogP contribution in [0.2, 0.25) is 0 Å². The van der Waals surface area contributed by atoms with E-state index < -0.39 is 0 Å². The van der Waals surface area contributed by atoms with Crippen molar-refractivity contribution in [1.82, 2.24) is 0 Å². The maximum atomic E-state index is 6.27. The largest absolute Gasteiger partial charge is 0.488 e. The minimum Gasteiger partial charge on any atom is -0.488 e. The van der Waals surface area contributed by atoms with Crippen LogP contribution in [-0.2, 0) is 14.9 Å². The lowest BCUT2D eigenvalue weighted by Gasteiger charge is -2.29. The molecule has 0 aromatic heterocycles. The van der Waals surface area contributed by atoms with Crippen LogP contribution in [-0.4, -0.2) is 37.6 Å². The molecule has 35 heavy (non-hydrogen) atoms. The Morgan fingerprint density at radius 1 is 0.743 bits per heavy atom. The Morgan fingerprint density at radius 3 is 1.34 bits per heavy atom. The van der Waals surface area contributed by atoms with E-state index in [1.165, 1.54) is 11.1 Å². The summed E-state index contributed by atoms with van der Waals surface area (Å²) in [6.45, 7) is 10.5. The molecule has 0 aliphatic carbocycles. The van der Waals surface area contributed by atoms with Crippen LogP contribution >= 0.6 is 63.7 Å². The van der Waals surface area contributed by atoms with Crippen molar-refractivity contribution in [1.29, 1.82) is 0 Å². The van der Waals surface area contributed by atoms with E-state index in [-0.39, 0.29) is 17.6 Å². The fraction of sp³-hybridized carbons (Fsp3) is 0.556. The van der Waals surface area contributed by atoms with E-state index in [4.69, 9.17) is 18.9 Å². The summed E-state index contributed by atoms with van der Waals surface area (Å²) < 4.78 is 26.9. The van der Waals surface area contributed by atoms with Gasteiger partial charge < -0.3 is 18.9 Å². The molecule has 2 saturated heterocycles. The first-order chi connectivity index (χ1) is 16.5. The van der Waals surface area contributed by atoms with Crippen molar-refractivity contribution >= 4 is 63.7 Å². The summed E-state index contributed by atoms with van der Waals surface area (Å²) in [6.07, 6.45) is 5.10. The van der Waals surface area contributed by atoms with Gasteiger partial charge in [0.25, 0.3) is 0 Å². The number of rotatable bonds is 12. The van der Waals surface area contributed by atoms with Crippen LogP contribution in [0.5, 0.6) is 11.5 Å². The highest BCUT2D eigenvalue weighted by Gasteiger charge is 2.29. The Hall–Kier alpha value is -0.120. The van der Waals surface area contributed by atoms with E-state index in [2.05, 4.69) is 116 Å². The number of halogens is 4. The van der Waals surface area contributed by atoms with Gasteiger partial charge in [-0.25, -0.2) is 0 Å². The van der Waals surface area contributed by atoms with Gasteiger partial charge in [-0.15, -0.1) is 0 Å². The first kappa shape index (κ1) is 27.9. The highest BCUT2D eigenvalue weighted by Crippen LogP contribution is 2.44. The second-order valence-corrected chi connectivity index (χ2v) is 13.5. The maximum Gasteiger partial charge on any atom is 0.148 e. The quantitative estimate of drug-likeness (QED) is 0.204. The topological polar surface area (TPSA) is 43.5 Å². The van der Waals surface area contributed by atoms with Crippen molar-refractivity contribution in [2.24, 2.45) is 0 Å². The third kappa shape index (κ3) is 7.47. The molecule has 0 N–H and O–H groups in total. The summed E-state index contributed by atoms with van der Waals surface area (Å²) in [7, 11) is 0. The van der Waals surface area contributed by atoms with Gasteiger partial charge in [0.15, 0.2) is 0 Å². The smallest absolute Gasteiger partial charge is 0.148 e. The van der Waals surface area contributed by atoms with Gasteiger partial charge in [-0.2, -0.15) is 0 Å². The Bertz CT molecular complexity index is 922. The van der Waals surface area contributed by atoms with E-state index >= 15 is 0 Å². The van der Waals surface area contributed by atoms with Gasteiger partial charge in [-0.3, -0.25) is 0 Å². The number of hydrogen-bond acceptors (Lipinski definition) is 4. The van der Waals surface area contributed by atoms with Crippen molar-refractivity contribution in [3.63, 3.8) is 0 Å². The van der Waals surface area contributed by atoms with Crippen molar-refractivity contribution in [2.75, 3.05) is 13.2 Å². The lowest BCUT2D eigenvalue weighted by Crippen LogP contribution is -2.20.